The maximum Gasteiger partial charge on any atom is 0.338 e. The van der Waals surface area contributed by atoms with E-state index >= 15 is 0 Å². The van der Waals surface area contributed by atoms with Gasteiger partial charge in [0.15, 0.2) is 5.79 Å². The van der Waals surface area contributed by atoms with Crippen molar-refractivity contribution in [3.63, 3.8) is 0 Å². The van der Waals surface area contributed by atoms with Crippen LogP contribution in [0.5, 0.6) is 0 Å². The van der Waals surface area contributed by atoms with E-state index in [1.54, 1.807) is 13.8 Å². The number of carbonyl (C=O) groups is 1. The second-order valence-electron chi connectivity index (χ2n) is 10.0. The molecule has 0 saturated carbocycles. The van der Waals surface area contributed by atoms with E-state index in [1.165, 1.54) is 4.90 Å². The van der Waals surface area contributed by atoms with Crippen molar-refractivity contribution in [3.8, 4) is 6.07 Å². The fourth-order valence-corrected chi connectivity index (χ4v) is 6.17. The molecule has 0 bridgehead atoms. The number of halogens is 1. The van der Waals surface area contributed by atoms with Crippen molar-refractivity contribution in [1.82, 2.24) is 14.5 Å². The van der Waals surface area contributed by atoms with E-state index < -0.39 is 59.0 Å². The monoisotopic (exact) mass is 536 g/mol. The van der Waals surface area contributed by atoms with Crippen molar-refractivity contribution in [2.75, 3.05) is 39.4 Å². The van der Waals surface area contributed by atoms with Gasteiger partial charge in [-0.2, -0.15) is 18.0 Å². The summed E-state index contributed by atoms with van der Waals surface area (Å²) in [5.41, 5.74) is 0. The number of likely N-dealkylation sites (tertiary alicyclic amines) is 1. The minimum Gasteiger partial charge on any atom is -0.388 e. The number of aliphatic hydroxyl groups is 2. The largest absolute Gasteiger partial charge is 0.388 e. The van der Waals surface area contributed by atoms with Gasteiger partial charge < -0.3 is 34.6 Å². The highest BCUT2D eigenvalue weighted by atomic mass is 32.2. The molecule has 4 heterocycles. The number of piperidine rings is 1. The van der Waals surface area contributed by atoms with Crippen LogP contribution in [0.15, 0.2) is 0 Å². The molecule has 6 atom stereocenters. The maximum atomic E-state index is 13.6. The summed E-state index contributed by atoms with van der Waals surface area (Å²) < 4.78 is 62.7. The molecule has 4 fully saturated rings. The molecule has 4 aliphatic heterocycles. The third-order valence-electron chi connectivity index (χ3n) is 6.91. The lowest BCUT2D eigenvalue weighted by atomic mass is 9.98. The number of nitrogens with one attached hydrogen (secondary N) is 1. The number of amides is 1. The zero-order valence-electron chi connectivity index (χ0n) is 20.2. The Morgan fingerprint density at radius 1 is 1.31 bits per heavy atom. The van der Waals surface area contributed by atoms with Crippen LogP contribution in [0.1, 0.15) is 33.1 Å². The normalized spacial score (nSPS) is 37.6. The number of hydrogen-bond acceptors (Lipinski definition) is 11. The third kappa shape index (κ3) is 5.66. The lowest BCUT2D eigenvalue weighted by Crippen LogP contribution is -2.61. The first-order valence-corrected chi connectivity index (χ1v) is 13.3. The highest BCUT2D eigenvalue weighted by molar-refractivity contribution is 7.84. The van der Waals surface area contributed by atoms with Gasteiger partial charge in [-0.3, -0.25) is 8.98 Å². The molecule has 0 spiro atoms. The Bertz CT molecular complexity index is 971. The molecule has 13 nitrogen and oxygen atoms in total. The van der Waals surface area contributed by atoms with Gasteiger partial charge in [0.2, 0.25) is 11.7 Å². The van der Waals surface area contributed by atoms with E-state index in [0.29, 0.717) is 12.8 Å². The second kappa shape index (κ2) is 10.4. The summed E-state index contributed by atoms with van der Waals surface area (Å²) in [5, 5.41) is 32.4. The van der Waals surface area contributed by atoms with E-state index in [9.17, 15) is 27.8 Å². The number of ether oxygens (including phenoxy) is 3. The van der Waals surface area contributed by atoms with Gasteiger partial charge in [0.1, 0.15) is 37.1 Å². The Kier molecular flexibility index (Phi) is 7.92. The van der Waals surface area contributed by atoms with Gasteiger partial charge in [-0.25, -0.2) is 4.39 Å². The highest BCUT2D eigenvalue weighted by Gasteiger charge is 2.62. The average molecular weight is 537 g/mol. The van der Waals surface area contributed by atoms with Crippen LogP contribution in [-0.2, 0) is 33.5 Å². The SMILES string of the molecule is CC1(C)O[C@H]2[C@H](O)[C@H](O)CO[C@@]2(COS(=O)(=O)N2CCC(NCC(=O)N3C[C@@H](F)C[C@H]3C#N)CC2)O1. The quantitative estimate of drug-likeness (QED) is 0.341. The molecule has 0 aromatic carbocycles. The Balaban J connectivity index is 1.27. The predicted molar refractivity (Wildman–Crippen MR) is 119 cm³/mol. The van der Waals surface area contributed by atoms with Crippen LogP contribution in [0.25, 0.3) is 0 Å². The van der Waals surface area contributed by atoms with Gasteiger partial charge in [0, 0.05) is 25.6 Å². The molecule has 4 saturated heterocycles. The van der Waals surface area contributed by atoms with Gasteiger partial charge in [0.05, 0.1) is 25.8 Å². The first kappa shape index (κ1) is 27.6. The number of nitrogens with zero attached hydrogens (tertiary/aromatic N) is 3. The summed E-state index contributed by atoms with van der Waals surface area (Å²) in [4.78, 5) is 13.6. The fourth-order valence-electron chi connectivity index (χ4n) is 5.05. The molecule has 36 heavy (non-hydrogen) atoms. The minimum absolute atomic E-state index is 0.0137. The Hall–Kier alpha value is -1.48. The Labute approximate surface area is 209 Å². The lowest BCUT2D eigenvalue weighted by Gasteiger charge is -2.41. The van der Waals surface area contributed by atoms with Gasteiger partial charge in [-0.15, -0.1) is 0 Å². The molecule has 0 unspecified atom stereocenters. The number of carbonyl (C=O) groups excluding carboxylic acids is 1. The van der Waals surface area contributed by atoms with Crippen molar-refractivity contribution >= 4 is 16.2 Å². The van der Waals surface area contributed by atoms with Crippen molar-refractivity contribution in [2.24, 2.45) is 0 Å². The van der Waals surface area contributed by atoms with E-state index in [-0.39, 0.29) is 51.2 Å². The number of fused-ring (bicyclic) bond motifs is 1. The summed E-state index contributed by atoms with van der Waals surface area (Å²) in [6, 6.07) is 1.03. The van der Waals surface area contributed by atoms with Crippen molar-refractivity contribution in [1.29, 1.82) is 5.26 Å². The van der Waals surface area contributed by atoms with Crippen LogP contribution < -0.4 is 5.32 Å². The molecule has 4 rings (SSSR count). The summed E-state index contributed by atoms with van der Waals surface area (Å²) >= 11 is 0. The van der Waals surface area contributed by atoms with Gasteiger partial charge >= 0.3 is 10.3 Å². The summed E-state index contributed by atoms with van der Waals surface area (Å²) in [6.45, 7) is 2.39. The molecule has 3 N–H and O–H groups in total. The fraction of sp³-hybridized carbons (Fsp3) is 0.905. The lowest BCUT2D eigenvalue weighted by molar-refractivity contribution is -0.301. The molecule has 204 valence electrons. The number of hydrogen-bond donors (Lipinski definition) is 3. The van der Waals surface area contributed by atoms with Crippen molar-refractivity contribution < 1.29 is 46.2 Å². The minimum atomic E-state index is -4.19. The molecular weight excluding hydrogens is 503 g/mol. The van der Waals surface area contributed by atoms with Crippen LogP contribution >= 0.6 is 0 Å². The molecule has 4 aliphatic rings. The van der Waals surface area contributed by atoms with E-state index in [4.69, 9.17) is 23.7 Å². The van der Waals surface area contributed by atoms with E-state index in [1.807, 2.05) is 6.07 Å². The third-order valence-corrected chi connectivity index (χ3v) is 8.32. The number of rotatable bonds is 7. The number of aliphatic hydroxyl groups excluding tert-OH is 2. The molecule has 0 aliphatic carbocycles. The molecule has 0 radical (unpaired) electrons. The van der Waals surface area contributed by atoms with Crippen molar-refractivity contribution in [2.45, 2.75) is 81.3 Å². The van der Waals surface area contributed by atoms with Crippen LogP contribution in [0.2, 0.25) is 0 Å². The zero-order valence-corrected chi connectivity index (χ0v) is 21.0. The van der Waals surface area contributed by atoms with Crippen LogP contribution in [-0.4, -0.2) is 121 Å². The van der Waals surface area contributed by atoms with Gasteiger partial charge in [-0.05, 0) is 26.7 Å². The average Bonchev–Trinajstić information content (AvgIpc) is 3.35. The maximum absolute atomic E-state index is 13.6. The van der Waals surface area contributed by atoms with E-state index in [0.717, 1.165) is 4.31 Å². The number of alkyl halides is 1. The molecule has 1 amide bonds. The standard InChI is InChI=1S/C21H33FN4O9S/c1-20(2)34-19-18(29)16(27)11-32-21(19,35-20)12-33-36(30,31)25-5-3-14(4-6-25)24-9-17(28)26-10-13(22)7-15(26)8-23/h13-16,18-19,24,27,29H,3-7,9-12H2,1-2H3/t13-,15-,16+,18+,19-,21-/m0/s1. The topological polar surface area (TPSA) is 171 Å². The summed E-state index contributed by atoms with van der Waals surface area (Å²) in [6.07, 6.45) is -4.10. The van der Waals surface area contributed by atoms with E-state index in [2.05, 4.69) is 5.32 Å². The highest BCUT2D eigenvalue weighted by Crippen LogP contribution is 2.42. The zero-order chi connectivity index (χ0) is 26.3. The first-order chi connectivity index (χ1) is 16.9. The second-order valence-corrected chi connectivity index (χ2v) is 11.6. The van der Waals surface area contributed by atoms with Crippen LogP contribution in [0.3, 0.4) is 0 Å². The predicted octanol–water partition coefficient (Wildman–Crippen LogP) is -1.64. The molecule has 0 aromatic rings. The molecule has 0 aromatic heterocycles. The van der Waals surface area contributed by atoms with Crippen LogP contribution in [0, 0.1) is 11.3 Å². The Morgan fingerprint density at radius 3 is 2.67 bits per heavy atom. The van der Waals surface area contributed by atoms with Crippen LogP contribution in [0.4, 0.5) is 4.39 Å². The molecular formula is C21H33FN4O9S. The summed E-state index contributed by atoms with van der Waals surface area (Å²) in [7, 11) is -4.19. The van der Waals surface area contributed by atoms with Gasteiger partial charge in [-0.1, -0.05) is 0 Å². The smallest absolute Gasteiger partial charge is 0.338 e. The van der Waals surface area contributed by atoms with Gasteiger partial charge in [0.25, 0.3) is 0 Å². The number of nitriles is 1. The molecule has 15 heteroatoms. The van der Waals surface area contributed by atoms with Crippen molar-refractivity contribution in [3.05, 3.63) is 0 Å². The first-order valence-electron chi connectivity index (χ1n) is 11.9. The Morgan fingerprint density at radius 2 is 2.00 bits per heavy atom. The summed E-state index contributed by atoms with van der Waals surface area (Å²) in [5.74, 6) is -3.27.